The molecule has 1 atom stereocenters. The summed E-state index contributed by atoms with van der Waals surface area (Å²) in [4.78, 5) is 14.4. The number of rotatable bonds is 7. The lowest BCUT2D eigenvalue weighted by Crippen LogP contribution is -2.28. The standard InChI is InChI=1S/C19H26FN3O.ClH/c1-5-6-13-21-19(24)17-12-11-16(23(17)4)18(22(2)3)14-7-9-15(20)10-8-14;/h7-12,18H,5-6,13H2,1-4H3,(H,21,24);1H. The van der Waals surface area contributed by atoms with Crippen molar-refractivity contribution < 1.29 is 9.18 Å². The minimum absolute atomic E-state index is 0. The molecule has 2 rings (SSSR count). The van der Waals surface area contributed by atoms with Gasteiger partial charge in [0.15, 0.2) is 0 Å². The van der Waals surface area contributed by atoms with Crippen molar-refractivity contribution in [3.05, 3.63) is 59.2 Å². The van der Waals surface area contributed by atoms with E-state index < -0.39 is 0 Å². The second-order valence-corrected chi connectivity index (χ2v) is 6.23. The SMILES string of the molecule is CCCCNC(=O)c1ccc(C(c2ccc(F)cc2)N(C)C)n1C.Cl. The second kappa shape index (κ2) is 9.59. The van der Waals surface area contributed by atoms with E-state index in [0.717, 1.165) is 24.1 Å². The Hall–Kier alpha value is -1.85. The molecule has 1 heterocycles. The first-order chi connectivity index (χ1) is 11.5. The molecule has 0 saturated heterocycles. The van der Waals surface area contributed by atoms with Gasteiger partial charge in [0.2, 0.25) is 0 Å². The number of hydrogen-bond acceptors (Lipinski definition) is 2. The van der Waals surface area contributed by atoms with E-state index in [4.69, 9.17) is 0 Å². The van der Waals surface area contributed by atoms with Crippen molar-refractivity contribution in [1.29, 1.82) is 0 Å². The van der Waals surface area contributed by atoms with Crippen LogP contribution < -0.4 is 5.32 Å². The summed E-state index contributed by atoms with van der Waals surface area (Å²) in [5.41, 5.74) is 2.61. The van der Waals surface area contributed by atoms with Crippen LogP contribution in [0.3, 0.4) is 0 Å². The number of benzene rings is 1. The van der Waals surface area contributed by atoms with Gasteiger partial charge >= 0.3 is 0 Å². The Morgan fingerprint density at radius 2 is 1.84 bits per heavy atom. The molecule has 2 aromatic rings. The maximum Gasteiger partial charge on any atom is 0.267 e. The highest BCUT2D eigenvalue weighted by Gasteiger charge is 2.22. The Bertz CT molecular complexity index is 682. The lowest BCUT2D eigenvalue weighted by atomic mass is 10.0. The maximum atomic E-state index is 13.2. The van der Waals surface area contributed by atoms with Crippen LogP contribution in [0.15, 0.2) is 36.4 Å². The fourth-order valence-corrected chi connectivity index (χ4v) is 2.88. The van der Waals surface area contributed by atoms with Crippen molar-refractivity contribution in [3.63, 3.8) is 0 Å². The first-order valence-electron chi connectivity index (χ1n) is 8.31. The first-order valence-corrected chi connectivity index (χ1v) is 8.31. The first kappa shape index (κ1) is 21.2. The Morgan fingerprint density at radius 3 is 2.40 bits per heavy atom. The van der Waals surface area contributed by atoms with Crippen LogP contribution in [0.2, 0.25) is 0 Å². The van der Waals surface area contributed by atoms with E-state index >= 15 is 0 Å². The summed E-state index contributed by atoms with van der Waals surface area (Å²) in [6.07, 6.45) is 2.02. The number of carbonyl (C=O) groups is 1. The van der Waals surface area contributed by atoms with Gasteiger partial charge in [0.05, 0.1) is 6.04 Å². The van der Waals surface area contributed by atoms with Crippen LogP contribution in [-0.2, 0) is 7.05 Å². The average Bonchev–Trinajstić information content (AvgIpc) is 2.91. The van der Waals surface area contributed by atoms with Gasteiger partial charge in [0.25, 0.3) is 5.91 Å². The van der Waals surface area contributed by atoms with Gasteiger partial charge in [-0.05, 0) is 50.3 Å². The predicted octanol–water partition coefficient (Wildman–Crippen LogP) is 3.77. The Kier molecular flexibility index (Phi) is 8.13. The zero-order valence-electron chi connectivity index (χ0n) is 15.3. The largest absolute Gasteiger partial charge is 0.351 e. The van der Waals surface area contributed by atoms with E-state index in [2.05, 4.69) is 17.1 Å². The van der Waals surface area contributed by atoms with Crippen LogP contribution >= 0.6 is 12.4 Å². The van der Waals surface area contributed by atoms with Crippen LogP contribution in [0.25, 0.3) is 0 Å². The van der Waals surface area contributed by atoms with E-state index in [1.807, 2.05) is 37.8 Å². The van der Waals surface area contributed by atoms with E-state index in [-0.39, 0.29) is 30.2 Å². The number of carbonyl (C=O) groups excluding carboxylic acids is 1. The molecule has 1 aromatic heterocycles. The number of halogens is 2. The minimum atomic E-state index is -0.251. The molecule has 4 nitrogen and oxygen atoms in total. The van der Waals surface area contributed by atoms with Crippen LogP contribution in [0.1, 0.15) is 47.6 Å². The molecule has 1 amide bonds. The third kappa shape index (κ3) is 5.06. The van der Waals surface area contributed by atoms with Gasteiger partial charge in [0, 0.05) is 19.3 Å². The van der Waals surface area contributed by atoms with Gasteiger partial charge in [-0.15, -0.1) is 12.4 Å². The highest BCUT2D eigenvalue weighted by atomic mass is 35.5. The van der Waals surface area contributed by atoms with Crippen LogP contribution in [0, 0.1) is 5.82 Å². The molecule has 0 spiro atoms. The van der Waals surface area contributed by atoms with Crippen molar-refractivity contribution in [2.45, 2.75) is 25.8 Å². The molecule has 0 aliphatic heterocycles. The summed E-state index contributed by atoms with van der Waals surface area (Å²) in [6, 6.07) is 10.3. The minimum Gasteiger partial charge on any atom is -0.351 e. The van der Waals surface area contributed by atoms with Gasteiger partial charge in [-0.2, -0.15) is 0 Å². The summed E-state index contributed by atoms with van der Waals surface area (Å²) >= 11 is 0. The number of nitrogens with zero attached hydrogens (tertiary/aromatic N) is 2. The monoisotopic (exact) mass is 367 g/mol. The Labute approximate surface area is 155 Å². The summed E-state index contributed by atoms with van der Waals surface area (Å²) < 4.78 is 15.1. The summed E-state index contributed by atoms with van der Waals surface area (Å²) in [5.74, 6) is -0.312. The zero-order chi connectivity index (χ0) is 17.7. The fourth-order valence-electron chi connectivity index (χ4n) is 2.88. The summed E-state index contributed by atoms with van der Waals surface area (Å²) in [7, 11) is 5.84. The smallest absolute Gasteiger partial charge is 0.267 e. The van der Waals surface area contributed by atoms with Gasteiger partial charge in [-0.3, -0.25) is 9.69 Å². The molecule has 1 aromatic carbocycles. The van der Waals surface area contributed by atoms with E-state index in [9.17, 15) is 9.18 Å². The van der Waals surface area contributed by atoms with Crippen molar-refractivity contribution in [1.82, 2.24) is 14.8 Å². The van der Waals surface area contributed by atoms with Gasteiger partial charge in [-0.25, -0.2) is 4.39 Å². The summed E-state index contributed by atoms with van der Waals surface area (Å²) in [6.45, 7) is 2.78. The van der Waals surface area contributed by atoms with Gasteiger partial charge in [0.1, 0.15) is 11.5 Å². The van der Waals surface area contributed by atoms with E-state index in [1.54, 1.807) is 12.1 Å². The highest BCUT2D eigenvalue weighted by molar-refractivity contribution is 5.92. The normalized spacial score (nSPS) is 11.9. The maximum absolute atomic E-state index is 13.2. The van der Waals surface area contributed by atoms with Gasteiger partial charge < -0.3 is 9.88 Å². The highest BCUT2D eigenvalue weighted by Crippen LogP contribution is 2.28. The molecule has 0 aliphatic rings. The molecule has 0 bridgehead atoms. The topological polar surface area (TPSA) is 37.3 Å². The van der Waals surface area contributed by atoms with Crippen molar-refractivity contribution >= 4 is 18.3 Å². The van der Waals surface area contributed by atoms with Crippen LogP contribution in [0.5, 0.6) is 0 Å². The van der Waals surface area contributed by atoms with Crippen LogP contribution in [0.4, 0.5) is 4.39 Å². The zero-order valence-corrected chi connectivity index (χ0v) is 16.1. The molecule has 1 N–H and O–H groups in total. The lowest BCUT2D eigenvalue weighted by Gasteiger charge is -2.26. The summed E-state index contributed by atoms with van der Waals surface area (Å²) in [5, 5.41) is 2.95. The fraction of sp³-hybridized carbons (Fsp3) is 0.421. The Morgan fingerprint density at radius 1 is 1.20 bits per heavy atom. The molecule has 0 saturated carbocycles. The Balaban J connectivity index is 0.00000312. The molecule has 1 unspecified atom stereocenters. The quantitative estimate of drug-likeness (QED) is 0.756. The van der Waals surface area contributed by atoms with Crippen LogP contribution in [-0.4, -0.2) is 36.0 Å². The molecule has 6 heteroatoms. The third-order valence-corrected chi connectivity index (χ3v) is 4.19. The number of unbranched alkanes of at least 4 members (excludes halogenated alkanes) is 1. The predicted molar refractivity (Wildman–Crippen MR) is 102 cm³/mol. The molecule has 25 heavy (non-hydrogen) atoms. The van der Waals surface area contributed by atoms with E-state index in [0.29, 0.717) is 12.2 Å². The number of amides is 1. The molecular weight excluding hydrogens is 341 g/mol. The second-order valence-electron chi connectivity index (χ2n) is 6.23. The molecule has 0 aliphatic carbocycles. The molecule has 138 valence electrons. The molecular formula is C19H27ClFN3O. The number of hydrogen-bond donors (Lipinski definition) is 1. The van der Waals surface area contributed by atoms with Gasteiger partial charge in [-0.1, -0.05) is 25.5 Å². The van der Waals surface area contributed by atoms with Crippen molar-refractivity contribution in [3.8, 4) is 0 Å². The third-order valence-electron chi connectivity index (χ3n) is 4.19. The average molecular weight is 368 g/mol. The van der Waals surface area contributed by atoms with E-state index in [1.165, 1.54) is 12.1 Å². The molecule has 0 radical (unpaired) electrons. The number of aromatic nitrogens is 1. The lowest BCUT2D eigenvalue weighted by molar-refractivity contribution is 0.0944. The number of nitrogens with one attached hydrogen (secondary N) is 1. The molecule has 0 fully saturated rings. The van der Waals surface area contributed by atoms with Crippen molar-refractivity contribution in [2.75, 3.05) is 20.6 Å². The van der Waals surface area contributed by atoms with Crippen molar-refractivity contribution in [2.24, 2.45) is 7.05 Å².